The highest BCUT2D eigenvalue weighted by molar-refractivity contribution is 6.02. The van der Waals surface area contributed by atoms with Gasteiger partial charge in [0.2, 0.25) is 5.91 Å². The summed E-state index contributed by atoms with van der Waals surface area (Å²) < 4.78 is 0. The van der Waals surface area contributed by atoms with Gasteiger partial charge in [0.05, 0.1) is 5.69 Å². The summed E-state index contributed by atoms with van der Waals surface area (Å²) in [5.41, 5.74) is 3.06. The minimum absolute atomic E-state index is 0.261. The number of amidine groups is 1. The molecule has 2 aromatic rings. The third-order valence-corrected chi connectivity index (χ3v) is 6.09. The van der Waals surface area contributed by atoms with E-state index in [1.807, 2.05) is 18.3 Å². The minimum atomic E-state index is 0.261. The first-order chi connectivity index (χ1) is 13.7. The van der Waals surface area contributed by atoms with Crippen LogP contribution < -0.4 is 0 Å². The fraction of sp³-hybridized carbons (Fsp3) is 0.429. The maximum atomic E-state index is 12.7. The summed E-state index contributed by atoms with van der Waals surface area (Å²) in [7, 11) is 0. The van der Waals surface area contributed by atoms with Crippen molar-refractivity contribution in [1.82, 2.24) is 19.8 Å². The molecular weight excluding hydrogens is 352 g/mol. The molecule has 2 aliphatic heterocycles. The van der Waals surface area contributed by atoms with Crippen LogP contribution in [0.25, 0.3) is 11.1 Å². The van der Waals surface area contributed by atoms with Crippen molar-refractivity contribution in [3.05, 3.63) is 42.5 Å². The lowest BCUT2D eigenvalue weighted by molar-refractivity contribution is -0.137. The molecule has 2 atom stereocenters. The van der Waals surface area contributed by atoms with Crippen LogP contribution in [0.1, 0.15) is 31.4 Å². The number of carbonyl (C=O) groups is 1. The number of likely N-dealkylation sites (tertiary alicyclic amines) is 1. The molecule has 3 aliphatic rings. The molecule has 7 heteroatoms. The van der Waals surface area contributed by atoms with Crippen molar-refractivity contribution < 1.29 is 4.79 Å². The molecule has 2 bridgehead atoms. The van der Waals surface area contributed by atoms with Gasteiger partial charge in [-0.1, -0.05) is 0 Å². The monoisotopic (exact) mass is 376 g/mol. The molecule has 7 nitrogen and oxygen atoms in total. The molecule has 28 heavy (non-hydrogen) atoms. The largest absolute Gasteiger partial charge is 0.358 e. The number of hydrogen-bond acceptors (Lipinski definition) is 3. The average molecular weight is 376 g/mol. The van der Waals surface area contributed by atoms with Gasteiger partial charge in [-0.25, -0.2) is 4.99 Å². The van der Waals surface area contributed by atoms with E-state index in [0.717, 1.165) is 67.8 Å². The van der Waals surface area contributed by atoms with Crippen molar-refractivity contribution in [2.45, 2.75) is 37.8 Å². The standard InChI is InChI=1S/C21H24N6O/c22-13-25-20(19-9-16(10-24-19)14-5-7-23-8-6-14)26-11-17-3-4-18(12-26)27(17)21(28)15-1-2-15/h5-10,13,15,17-18,22,24H,1-4,11-12H2. The normalized spacial score (nSPS) is 24.5. The third kappa shape index (κ3) is 3.00. The first-order valence-electron chi connectivity index (χ1n) is 9.97. The van der Waals surface area contributed by atoms with E-state index in [1.165, 1.54) is 0 Å². The van der Waals surface area contributed by atoms with E-state index in [2.05, 4.69) is 30.8 Å². The zero-order valence-electron chi connectivity index (χ0n) is 15.7. The first-order valence-corrected chi connectivity index (χ1v) is 9.97. The van der Waals surface area contributed by atoms with Gasteiger partial charge in [0.25, 0.3) is 0 Å². The Bertz CT molecular complexity index is 902. The molecule has 1 saturated carbocycles. The van der Waals surface area contributed by atoms with E-state index in [9.17, 15) is 4.79 Å². The summed E-state index contributed by atoms with van der Waals surface area (Å²) >= 11 is 0. The first kappa shape index (κ1) is 17.2. The van der Waals surface area contributed by atoms with Gasteiger partial charge in [0.15, 0.2) is 5.84 Å². The van der Waals surface area contributed by atoms with Crippen LogP contribution in [0.2, 0.25) is 0 Å². The Kier molecular flexibility index (Phi) is 4.22. The highest BCUT2D eigenvalue weighted by atomic mass is 16.2. The van der Waals surface area contributed by atoms with Crippen LogP contribution in [0, 0.1) is 11.3 Å². The maximum absolute atomic E-state index is 12.7. The summed E-state index contributed by atoms with van der Waals surface area (Å²) in [5, 5.41) is 7.53. The Labute approximate surface area is 164 Å². The predicted octanol–water partition coefficient (Wildman–Crippen LogP) is 2.52. The number of amides is 1. The number of rotatable bonds is 4. The van der Waals surface area contributed by atoms with Crippen molar-refractivity contribution in [3.63, 3.8) is 0 Å². The van der Waals surface area contributed by atoms with Crippen LogP contribution in [-0.4, -0.2) is 63.0 Å². The van der Waals surface area contributed by atoms with Gasteiger partial charge in [0, 0.05) is 49.7 Å². The molecule has 0 radical (unpaired) electrons. The Balaban J connectivity index is 1.38. The van der Waals surface area contributed by atoms with E-state index < -0.39 is 0 Å². The average Bonchev–Trinajstić information content (AvgIpc) is 3.40. The van der Waals surface area contributed by atoms with Crippen molar-refractivity contribution in [2.24, 2.45) is 10.9 Å². The topological polar surface area (TPSA) is 88.4 Å². The highest BCUT2D eigenvalue weighted by Gasteiger charge is 2.47. The summed E-state index contributed by atoms with van der Waals surface area (Å²) in [6.45, 7) is 1.57. The smallest absolute Gasteiger partial charge is 0.226 e. The van der Waals surface area contributed by atoms with Crippen LogP contribution in [0.4, 0.5) is 0 Å². The molecule has 2 saturated heterocycles. The second kappa shape index (κ2) is 6.89. The van der Waals surface area contributed by atoms with Crippen LogP contribution in [-0.2, 0) is 4.79 Å². The second-order valence-electron chi connectivity index (χ2n) is 7.93. The molecule has 1 aliphatic carbocycles. The van der Waals surface area contributed by atoms with Crippen LogP contribution in [0.3, 0.4) is 0 Å². The summed E-state index contributed by atoms with van der Waals surface area (Å²) in [5.74, 6) is 1.42. The lowest BCUT2D eigenvalue weighted by Gasteiger charge is -2.42. The number of hydrogen-bond donors (Lipinski definition) is 2. The fourth-order valence-electron chi connectivity index (χ4n) is 4.59. The van der Waals surface area contributed by atoms with Crippen molar-refractivity contribution in [1.29, 1.82) is 5.41 Å². The molecule has 3 fully saturated rings. The number of H-pyrrole nitrogens is 1. The number of fused-ring (bicyclic) bond motifs is 2. The van der Waals surface area contributed by atoms with Gasteiger partial charge in [-0.3, -0.25) is 15.2 Å². The highest BCUT2D eigenvalue weighted by Crippen LogP contribution is 2.38. The van der Waals surface area contributed by atoms with E-state index in [-0.39, 0.29) is 18.0 Å². The number of carbonyl (C=O) groups excluding carboxylic acids is 1. The molecule has 5 rings (SSSR count). The maximum Gasteiger partial charge on any atom is 0.226 e. The van der Waals surface area contributed by atoms with Crippen LogP contribution >= 0.6 is 0 Å². The van der Waals surface area contributed by atoms with E-state index in [0.29, 0.717) is 5.91 Å². The van der Waals surface area contributed by atoms with Crippen molar-refractivity contribution in [2.75, 3.05) is 13.1 Å². The second-order valence-corrected chi connectivity index (χ2v) is 7.93. The predicted molar refractivity (Wildman–Crippen MR) is 107 cm³/mol. The van der Waals surface area contributed by atoms with Gasteiger partial charge in [-0.05, 0) is 55.0 Å². The van der Waals surface area contributed by atoms with Crippen LogP contribution in [0.15, 0.2) is 41.8 Å². The zero-order valence-corrected chi connectivity index (χ0v) is 15.7. The number of nitrogens with one attached hydrogen (secondary N) is 2. The summed E-state index contributed by atoms with van der Waals surface area (Å²) in [4.78, 5) is 28.9. The van der Waals surface area contributed by atoms with E-state index in [4.69, 9.17) is 5.41 Å². The number of nitrogens with zero attached hydrogens (tertiary/aromatic N) is 4. The Morgan fingerprint density at radius 3 is 2.50 bits per heavy atom. The lowest BCUT2D eigenvalue weighted by Crippen LogP contribution is -2.57. The molecule has 4 heterocycles. The molecular formula is C21H24N6O. The number of aromatic nitrogens is 2. The Morgan fingerprint density at radius 2 is 1.86 bits per heavy atom. The van der Waals surface area contributed by atoms with Gasteiger partial charge < -0.3 is 14.8 Å². The van der Waals surface area contributed by atoms with Crippen molar-refractivity contribution in [3.8, 4) is 11.1 Å². The number of aromatic amines is 1. The quantitative estimate of drug-likeness (QED) is 0.635. The fourth-order valence-corrected chi connectivity index (χ4v) is 4.59. The van der Waals surface area contributed by atoms with Gasteiger partial charge in [0.1, 0.15) is 6.34 Å². The molecule has 0 spiro atoms. The van der Waals surface area contributed by atoms with Crippen LogP contribution in [0.5, 0.6) is 0 Å². The third-order valence-electron chi connectivity index (χ3n) is 6.09. The van der Waals surface area contributed by atoms with Gasteiger partial charge in [-0.15, -0.1) is 0 Å². The SMILES string of the molecule is N=CN=C(c1cc(-c2ccncc2)c[nH]1)N1CC2CCC(C1)N2C(=O)C1CC1. The minimum Gasteiger partial charge on any atom is -0.358 e. The summed E-state index contributed by atoms with van der Waals surface area (Å²) in [6.07, 6.45) is 10.9. The molecule has 0 aromatic carbocycles. The van der Waals surface area contributed by atoms with E-state index in [1.54, 1.807) is 12.4 Å². The lowest BCUT2D eigenvalue weighted by atomic mass is 10.1. The molecule has 2 N–H and O–H groups in total. The van der Waals surface area contributed by atoms with Crippen molar-refractivity contribution >= 4 is 18.1 Å². The number of pyridine rings is 1. The molecule has 2 aromatic heterocycles. The summed E-state index contributed by atoms with van der Waals surface area (Å²) in [6, 6.07) is 6.54. The zero-order chi connectivity index (χ0) is 19.1. The van der Waals surface area contributed by atoms with E-state index >= 15 is 0 Å². The molecule has 2 unspecified atom stereocenters. The molecule has 144 valence electrons. The van der Waals surface area contributed by atoms with Gasteiger partial charge in [-0.2, -0.15) is 0 Å². The Hall–Kier alpha value is -2.96. The Morgan fingerprint density at radius 1 is 1.14 bits per heavy atom. The van der Waals surface area contributed by atoms with Gasteiger partial charge >= 0.3 is 0 Å². The molecule has 1 amide bonds. The number of piperazine rings is 1. The number of aliphatic imine (C=N–C) groups is 1.